The molecule has 1 aromatic heterocycles. The average Bonchev–Trinajstić information content (AvgIpc) is 3.09. The van der Waals surface area contributed by atoms with E-state index in [4.69, 9.17) is 4.42 Å². The van der Waals surface area contributed by atoms with Gasteiger partial charge in [-0.2, -0.15) is 0 Å². The molecule has 1 saturated heterocycles. The topological polar surface area (TPSA) is 62.4 Å². The summed E-state index contributed by atoms with van der Waals surface area (Å²) in [6.07, 6.45) is 2.14. The van der Waals surface area contributed by atoms with Crippen molar-refractivity contribution < 1.29 is 9.52 Å². The minimum atomic E-state index is 0.188. The minimum absolute atomic E-state index is 0.188. The molecule has 0 bridgehead atoms. The fourth-order valence-electron chi connectivity index (χ4n) is 2.51. The molecule has 5 nitrogen and oxygen atoms in total. The Morgan fingerprint density at radius 1 is 1.30 bits per heavy atom. The highest BCUT2D eigenvalue weighted by Gasteiger charge is 2.25. The average molecular weight is 338 g/mol. The molecule has 1 aliphatic heterocycles. The molecular formula is C14H16BrN3O2. The third kappa shape index (κ3) is 2.92. The minimum Gasteiger partial charge on any atom is -0.419 e. The van der Waals surface area contributed by atoms with Crippen LogP contribution in [0.25, 0.3) is 11.5 Å². The van der Waals surface area contributed by atoms with Crippen LogP contribution in [-0.4, -0.2) is 39.4 Å². The second kappa shape index (κ2) is 6.03. The van der Waals surface area contributed by atoms with Gasteiger partial charge in [-0.3, -0.25) is 4.90 Å². The van der Waals surface area contributed by atoms with Gasteiger partial charge < -0.3 is 9.52 Å². The van der Waals surface area contributed by atoms with E-state index in [-0.39, 0.29) is 12.6 Å². The molecule has 106 valence electrons. The van der Waals surface area contributed by atoms with Crippen molar-refractivity contribution in [2.45, 2.75) is 25.4 Å². The number of likely N-dealkylation sites (tertiary alicyclic amines) is 1. The van der Waals surface area contributed by atoms with Crippen LogP contribution in [0.1, 0.15) is 18.7 Å². The summed E-state index contributed by atoms with van der Waals surface area (Å²) in [5.74, 6) is 1.13. The Kier molecular flexibility index (Phi) is 4.14. The van der Waals surface area contributed by atoms with Gasteiger partial charge in [0.05, 0.1) is 13.2 Å². The smallest absolute Gasteiger partial charge is 0.247 e. The molecule has 3 rings (SSSR count). The predicted octanol–water partition coefficient (Wildman–Crippen LogP) is 2.46. The maximum atomic E-state index is 9.31. The van der Waals surface area contributed by atoms with Gasteiger partial charge in [0, 0.05) is 16.1 Å². The van der Waals surface area contributed by atoms with Gasteiger partial charge >= 0.3 is 0 Å². The summed E-state index contributed by atoms with van der Waals surface area (Å²) in [6, 6.07) is 7.99. The normalized spacial score (nSPS) is 19.6. The number of hydrogen-bond acceptors (Lipinski definition) is 5. The number of aliphatic hydroxyl groups excluding tert-OH is 1. The Morgan fingerprint density at radius 3 is 2.85 bits per heavy atom. The van der Waals surface area contributed by atoms with E-state index in [2.05, 4.69) is 31.0 Å². The van der Waals surface area contributed by atoms with Gasteiger partial charge in [-0.25, -0.2) is 0 Å². The van der Waals surface area contributed by atoms with E-state index in [1.54, 1.807) is 0 Å². The van der Waals surface area contributed by atoms with E-state index in [1.807, 2.05) is 24.3 Å². The molecule has 1 fully saturated rings. The summed E-state index contributed by atoms with van der Waals surface area (Å²) in [5.41, 5.74) is 0.909. The fourth-order valence-corrected chi connectivity index (χ4v) is 2.77. The number of halogens is 1. The standard InChI is InChI=1S/C14H16BrN3O2/c15-11-5-3-10(4-6-11)14-17-16-13(20-14)8-18-7-1-2-12(18)9-19/h3-6,12,19H,1-2,7-9H2/t12-/m1/s1. The van der Waals surface area contributed by atoms with Crippen molar-refractivity contribution in [1.82, 2.24) is 15.1 Å². The molecule has 6 heteroatoms. The number of benzene rings is 1. The number of hydrogen-bond donors (Lipinski definition) is 1. The van der Waals surface area contributed by atoms with Crippen LogP contribution < -0.4 is 0 Å². The van der Waals surface area contributed by atoms with E-state index >= 15 is 0 Å². The van der Waals surface area contributed by atoms with E-state index in [1.165, 1.54) is 0 Å². The van der Waals surface area contributed by atoms with Crippen molar-refractivity contribution in [3.8, 4) is 11.5 Å². The molecule has 0 radical (unpaired) electrons. The highest BCUT2D eigenvalue weighted by Crippen LogP contribution is 2.23. The van der Waals surface area contributed by atoms with Crippen LogP contribution in [0.4, 0.5) is 0 Å². The Hall–Kier alpha value is -1.24. The third-order valence-electron chi connectivity index (χ3n) is 3.61. The first-order valence-electron chi connectivity index (χ1n) is 6.69. The molecule has 2 aromatic rings. The van der Waals surface area contributed by atoms with Crippen LogP contribution in [0.2, 0.25) is 0 Å². The number of aromatic nitrogens is 2. The maximum absolute atomic E-state index is 9.31. The zero-order valence-electron chi connectivity index (χ0n) is 11.0. The van der Waals surface area contributed by atoms with Gasteiger partial charge in [-0.1, -0.05) is 15.9 Å². The zero-order valence-corrected chi connectivity index (χ0v) is 12.6. The maximum Gasteiger partial charge on any atom is 0.247 e. The lowest BCUT2D eigenvalue weighted by Crippen LogP contribution is -2.31. The van der Waals surface area contributed by atoms with Crippen molar-refractivity contribution in [3.05, 3.63) is 34.6 Å². The zero-order chi connectivity index (χ0) is 13.9. The molecule has 20 heavy (non-hydrogen) atoms. The van der Waals surface area contributed by atoms with Gasteiger partial charge in [0.15, 0.2) is 0 Å². The summed E-state index contributed by atoms with van der Waals surface area (Å²) in [6.45, 7) is 1.77. The second-order valence-electron chi connectivity index (χ2n) is 4.96. The summed E-state index contributed by atoms with van der Waals surface area (Å²) < 4.78 is 6.72. The van der Waals surface area contributed by atoms with Crippen LogP contribution >= 0.6 is 15.9 Å². The first-order valence-corrected chi connectivity index (χ1v) is 7.49. The molecule has 0 aliphatic carbocycles. The van der Waals surface area contributed by atoms with E-state index in [0.717, 1.165) is 29.4 Å². The molecule has 2 heterocycles. The van der Waals surface area contributed by atoms with Crippen molar-refractivity contribution in [3.63, 3.8) is 0 Å². The molecule has 0 amide bonds. The van der Waals surface area contributed by atoms with Gasteiger partial charge in [-0.15, -0.1) is 10.2 Å². The quantitative estimate of drug-likeness (QED) is 0.928. The summed E-state index contributed by atoms with van der Waals surface area (Å²) in [4.78, 5) is 2.19. The molecule has 1 aliphatic rings. The number of rotatable bonds is 4. The highest BCUT2D eigenvalue weighted by molar-refractivity contribution is 9.10. The van der Waals surface area contributed by atoms with Gasteiger partial charge in [0.2, 0.25) is 11.8 Å². The van der Waals surface area contributed by atoms with Crippen LogP contribution in [0.3, 0.4) is 0 Å². The van der Waals surface area contributed by atoms with Crippen molar-refractivity contribution in [1.29, 1.82) is 0 Å². The Bertz CT molecular complexity index is 570. The molecular weight excluding hydrogens is 322 g/mol. The largest absolute Gasteiger partial charge is 0.419 e. The molecule has 0 saturated carbocycles. The Labute approximate surface area is 125 Å². The third-order valence-corrected chi connectivity index (χ3v) is 4.13. The second-order valence-corrected chi connectivity index (χ2v) is 5.87. The molecule has 0 spiro atoms. The fraction of sp³-hybridized carbons (Fsp3) is 0.429. The van der Waals surface area contributed by atoms with Crippen molar-refractivity contribution in [2.24, 2.45) is 0 Å². The first kappa shape index (κ1) is 13.7. The van der Waals surface area contributed by atoms with Crippen LogP contribution in [0.5, 0.6) is 0 Å². The van der Waals surface area contributed by atoms with Crippen LogP contribution in [-0.2, 0) is 6.54 Å². The highest BCUT2D eigenvalue weighted by atomic mass is 79.9. The summed E-state index contributed by atoms with van der Waals surface area (Å²) in [7, 11) is 0. The van der Waals surface area contributed by atoms with Gasteiger partial charge in [0.25, 0.3) is 0 Å². The molecule has 1 N–H and O–H groups in total. The van der Waals surface area contributed by atoms with E-state index in [0.29, 0.717) is 18.3 Å². The molecule has 1 aromatic carbocycles. The van der Waals surface area contributed by atoms with Crippen molar-refractivity contribution in [2.75, 3.05) is 13.2 Å². The molecule has 0 unspecified atom stereocenters. The lowest BCUT2D eigenvalue weighted by molar-refractivity contribution is 0.144. The number of nitrogens with zero attached hydrogens (tertiary/aromatic N) is 3. The lowest BCUT2D eigenvalue weighted by Gasteiger charge is -2.20. The van der Waals surface area contributed by atoms with Crippen molar-refractivity contribution >= 4 is 15.9 Å². The summed E-state index contributed by atoms with van der Waals surface area (Å²) in [5, 5.41) is 17.5. The van der Waals surface area contributed by atoms with E-state index < -0.39 is 0 Å². The predicted molar refractivity (Wildman–Crippen MR) is 78.0 cm³/mol. The summed E-state index contributed by atoms with van der Waals surface area (Å²) >= 11 is 3.40. The monoisotopic (exact) mass is 337 g/mol. The van der Waals surface area contributed by atoms with Crippen LogP contribution in [0, 0.1) is 0 Å². The Balaban J connectivity index is 1.72. The lowest BCUT2D eigenvalue weighted by atomic mass is 10.2. The van der Waals surface area contributed by atoms with E-state index in [9.17, 15) is 5.11 Å². The number of aliphatic hydroxyl groups is 1. The molecule has 1 atom stereocenters. The Morgan fingerprint density at radius 2 is 2.10 bits per heavy atom. The van der Waals surface area contributed by atoms with Gasteiger partial charge in [-0.05, 0) is 43.7 Å². The van der Waals surface area contributed by atoms with Crippen LogP contribution in [0.15, 0.2) is 33.2 Å². The SMILES string of the molecule is OC[C@H]1CCCN1Cc1nnc(-c2ccc(Br)cc2)o1. The van der Waals surface area contributed by atoms with Gasteiger partial charge in [0.1, 0.15) is 0 Å². The first-order chi connectivity index (χ1) is 9.76.